The highest BCUT2D eigenvalue weighted by Gasteiger charge is 2.18. The van der Waals surface area contributed by atoms with Crippen LogP contribution in [0.25, 0.3) is 33.3 Å². The van der Waals surface area contributed by atoms with Crippen LogP contribution in [0.5, 0.6) is 0 Å². The normalized spacial score (nSPS) is 13.7. The number of fused-ring (bicyclic) bond motifs is 2. The maximum atomic E-state index is 11.9. The average Bonchev–Trinajstić information content (AvgIpc) is 3.26. The number of benzene rings is 2. The summed E-state index contributed by atoms with van der Waals surface area (Å²) in [6, 6.07) is 14.6. The van der Waals surface area contributed by atoms with Crippen LogP contribution in [0.15, 0.2) is 54.9 Å². The molecule has 3 N–H and O–H groups in total. The van der Waals surface area contributed by atoms with E-state index in [1.165, 1.54) is 5.39 Å². The van der Waals surface area contributed by atoms with E-state index in [9.17, 15) is 4.79 Å². The van der Waals surface area contributed by atoms with Gasteiger partial charge in [-0.1, -0.05) is 24.3 Å². The van der Waals surface area contributed by atoms with Gasteiger partial charge in [-0.25, -0.2) is 0 Å². The number of para-hydroxylation sites is 1. The molecule has 0 unspecified atom stereocenters. The number of rotatable bonds is 2. The number of aromatic nitrogens is 3. The number of amides is 1. The molecule has 0 fully saturated rings. The van der Waals surface area contributed by atoms with Crippen LogP contribution in [-0.2, 0) is 11.8 Å². The lowest BCUT2D eigenvalue weighted by molar-refractivity contribution is -0.115. The summed E-state index contributed by atoms with van der Waals surface area (Å²) >= 11 is 0. The number of nitrogens with zero attached hydrogens (tertiary/aromatic N) is 2. The van der Waals surface area contributed by atoms with Crippen LogP contribution in [0.3, 0.4) is 0 Å². The van der Waals surface area contributed by atoms with Crippen LogP contribution in [0.2, 0.25) is 0 Å². The van der Waals surface area contributed by atoms with Gasteiger partial charge in [0.25, 0.3) is 0 Å². The van der Waals surface area contributed by atoms with E-state index in [-0.39, 0.29) is 5.91 Å². The fourth-order valence-corrected chi connectivity index (χ4v) is 3.75. The lowest BCUT2D eigenvalue weighted by Gasteiger charge is -2.14. The Bertz CT molecular complexity index is 1160. The molecule has 4 aromatic rings. The maximum Gasteiger partial charge on any atom is 0.226 e. The van der Waals surface area contributed by atoms with Crippen LogP contribution >= 0.6 is 0 Å². The summed E-state index contributed by atoms with van der Waals surface area (Å²) in [4.78, 5) is 11.9. The molecule has 2 aromatic heterocycles. The molecule has 6 heteroatoms. The Balaban J connectivity index is 1.67. The Morgan fingerprint density at radius 3 is 2.89 bits per heavy atom. The number of aromatic amines is 1. The Morgan fingerprint density at radius 2 is 2.04 bits per heavy atom. The minimum absolute atomic E-state index is 0.0418. The Kier molecular flexibility index (Phi) is 3.50. The quantitative estimate of drug-likeness (QED) is 0.508. The molecule has 1 aliphatic rings. The topological polar surface area (TPSA) is 74.7 Å². The number of nitrogens with one attached hydrogen (secondary N) is 3. The molecule has 0 saturated heterocycles. The summed E-state index contributed by atoms with van der Waals surface area (Å²) in [6.45, 7) is 0.629. The summed E-state index contributed by atoms with van der Waals surface area (Å²) in [5.74, 6) is 0.0418. The first-order chi connectivity index (χ1) is 13.2. The van der Waals surface area contributed by atoms with Gasteiger partial charge in [0.2, 0.25) is 5.91 Å². The third-order valence-electron chi connectivity index (χ3n) is 5.15. The van der Waals surface area contributed by atoms with Crippen molar-refractivity contribution in [2.24, 2.45) is 7.05 Å². The van der Waals surface area contributed by atoms with Crippen molar-refractivity contribution in [2.75, 3.05) is 17.2 Å². The van der Waals surface area contributed by atoms with Crippen molar-refractivity contribution in [3.8, 4) is 22.4 Å². The predicted octanol–water partition coefficient (Wildman–Crippen LogP) is 3.99. The van der Waals surface area contributed by atoms with Gasteiger partial charge in [-0.2, -0.15) is 5.10 Å². The fourth-order valence-electron chi connectivity index (χ4n) is 3.75. The van der Waals surface area contributed by atoms with Gasteiger partial charge < -0.3 is 15.2 Å². The molecule has 0 bridgehead atoms. The summed E-state index contributed by atoms with van der Waals surface area (Å²) in [5, 5.41) is 14.5. The second-order valence-electron chi connectivity index (χ2n) is 6.80. The van der Waals surface area contributed by atoms with Crippen LogP contribution in [0.4, 0.5) is 11.4 Å². The van der Waals surface area contributed by atoms with E-state index in [1.54, 1.807) is 0 Å². The highest BCUT2D eigenvalue weighted by molar-refractivity contribution is 6.01. The van der Waals surface area contributed by atoms with Crippen molar-refractivity contribution in [3.05, 3.63) is 54.9 Å². The first-order valence-corrected chi connectivity index (χ1v) is 8.96. The number of H-pyrrole nitrogens is 1. The highest BCUT2D eigenvalue weighted by Crippen LogP contribution is 2.38. The van der Waals surface area contributed by atoms with Crippen molar-refractivity contribution >= 4 is 28.2 Å². The number of hydrogen-bond acceptors (Lipinski definition) is 3. The molecule has 0 aliphatic carbocycles. The fraction of sp³-hybridized carbons (Fsp3) is 0.143. The minimum Gasteiger partial charge on any atom is -0.382 e. The number of carbonyl (C=O) groups is 1. The molecule has 3 heterocycles. The van der Waals surface area contributed by atoms with E-state index < -0.39 is 0 Å². The third kappa shape index (κ3) is 2.57. The van der Waals surface area contributed by atoms with Gasteiger partial charge in [-0.05, 0) is 23.8 Å². The largest absolute Gasteiger partial charge is 0.382 e. The van der Waals surface area contributed by atoms with E-state index in [1.807, 2.05) is 24.5 Å². The van der Waals surface area contributed by atoms with Crippen LogP contribution in [-0.4, -0.2) is 27.2 Å². The van der Waals surface area contributed by atoms with Crippen LogP contribution in [0.1, 0.15) is 6.42 Å². The number of anilines is 2. The zero-order valence-corrected chi connectivity index (χ0v) is 14.9. The third-order valence-corrected chi connectivity index (χ3v) is 5.15. The molecule has 0 radical (unpaired) electrons. The summed E-state index contributed by atoms with van der Waals surface area (Å²) < 4.78 is 2.20. The molecule has 6 nitrogen and oxygen atoms in total. The van der Waals surface area contributed by atoms with E-state index in [0.717, 1.165) is 39.3 Å². The number of hydrogen-bond donors (Lipinski definition) is 3. The summed E-state index contributed by atoms with van der Waals surface area (Å²) in [7, 11) is 2.07. The predicted molar refractivity (Wildman–Crippen MR) is 108 cm³/mol. The molecule has 5 rings (SSSR count). The van der Waals surface area contributed by atoms with Crippen molar-refractivity contribution < 1.29 is 4.79 Å². The first kappa shape index (κ1) is 15.7. The molecular weight excluding hydrogens is 338 g/mol. The summed E-state index contributed by atoms with van der Waals surface area (Å²) in [5.41, 5.74) is 7.34. The van der Waals surface area contributed by atoms with Crippen molar-refractivity contribution in [3.63, 3.8) is 0 Å². The molecular formula is C21H19N5O. The van der Waals surface area contributed by atoms with Gasteiger partial charge in [0.1, 0.15) is 0 Å². The molecule has 2 aromatic carbocycles. The Hall–Kier alpha value is -3.54. The molecule has 1 amide bonds. The lowest BCUT2D eigenvalue weighted by Crippen LogP contribution is -2.10. The van der Waals surface area contributed by atoms with Crippen LogP contribution in [0, 0.1) is 0 Å². The minimum atomic E-state index is 0.0418. The summed E-state index contributed by atoms with van der Waals surface area (Å²) in [6.07, 6.45) is 4.20. The Labute approximate surface area is 156 Å². The Morgan fingerprint density at radius 1 is 1.11 bits per heavy atom. The SMILES string of the molecule is Cn1c(-c2cccc3c2NCCC(=O)N3)cc2ccc(-c3cn[nH]c3)cc21. The molecule has 0 atom stereocenters. The molecule has 1 aliphatic heterocycles. The van der Waals surface area contributed by atoms with Crippen molar-refractivity contribution in [1.82, 2.24) is 14.8 Å². The second-order valence-corrected chi connectivity index (χ2v) is 6.80. The monoisotopic (exact) mass is 357 g/mol. The van der Waals surface area contributed by atoms with E-state index in [2.05, 4.69) is 62.8 Å². The van der Waals surface area contributed by atoms with Gasteiger partial charge in [-0.15, -0.1) is 0 Å². The van der Waals surface area contributed by atoms with Gasteiger partial charge in [0, 0.05) is 48.2 Å². The van der Waals surface area contributed by atoms with E-state index in [0.29, 0.717) is 13.0 Å². The smallest absolute Gasteiger partial charge is 0.226 e. The van der Waals surface area contributed by atoms with E-state index >= 15 is 0 Å². The van der Waals surface area contributed by atoms with Gasteiger partial charge in [-0.3, -0.25) is 9.89 Å². The molecule has 0 saturated carbocycles. The standard InChI is InChI=1S/C21H19N5O/c1-26-18-9-13(15-11-23-24-12-15)5-6-14(18)10-19(26)16-3-2-4-17-21(16)22-8-7-20(27)25-17/h2-6,9-12,22H,7-8H2,1H3,(H,23,24)(H,25,27). The first-order valence-electron chi connectivity index (χ1n) is 8.96. The molecule has 0 spiro atoms. The number of carbonyl (C=O) groups excluding carboxylic acids is 1. The zero-order chi connectivity index (χ0) is 18.4. The van der Waals surface area contributed by atoms with Crippen molar-refractivity contribution in [2.45, 2.75) is 6.42 Å². The number of aryl methyl sites for hydroxylation is 1. The zero-order valence-electron chi connectivity index (χ0n) is 14.9. The second kappa shape index (κ2) is 6.02. The molecule has 27 heavy (non-hydrogen) atoms. The highest BCUT2D eigenvalue weighted by atomic mass is 16.1. The van der Waals surface area contributed by atoms with Gasteiger partial charge in [0.05, 0.1) is 23.3 Å². The lowest BCUT2D eigenvalue weighted by atomic mass is 10.1. The van der Waals surface area contributed by atoms with E-state index in [4.69, 9.17) is 0 Å². The maximum absolute atomic E-state index is 11.9. The van der Waals surface area contributed by atoms with Gasteiger partial charge >= 0.3 is 0 Å². The van der Waals surface area contributed by atoms with Gasteiger partial charge in [0.15, 0.2) is 0 Å². The van der Waals surface area contributed by atoms with Crippen LogP contribution < -0.4 is 10.6 Å². The van der Waals surface area contributed by atoms with Crippen molar-refractivity contribution in [1.29, 1.82) is 0 Å². The molecule has 134 valence electrons. The average molecular weight is 357 g/mol.